The van der Waals surface area contributed by atoms with E-state index in [0.29, 0.717) is 11.3 Å². The number of nitrogens with two attached hydrogens (primary N) is 1. The summed E-state index contributed by atoms with van der Waals surface area (Å²) in [6.45, 7) is -0.548. The molecule has 90 valence electrons. The van der Waals surface area contributed by atoms with Crippen molar-refractivity contribution in [1.29, 1.82) is 0 Å². The molecule has 0 aromatic heterocycles. The maximum absolute atomic E-state index is 10.5. The molecule has 1 aromatic carbocycles. The van der Waals surface area contributed by atoms with Gasteiger partial charge in [0.2, 0.25) is 5.91 Å². The topological polar surface area (TPSA) is 102 Å². The standard InChI is InChI=1S/C11H12N2O4/c12-10(14)6-13-5-8-3-1-2-4-9(8)17-7-11(15)16/h1-5H,6-7H2,(H2,12,14)(H,15,16). The third-order valence-electron chi connectivity index (χ3n) is 1.75. The van der Waals surface area contributed by atoms with E-state index in [1.807, 2.05) is 0 Å². The van der Waals surface area contributed by atoms with Gasteiger partial charge >= 0.3 is 5.97 Å². The zero-order chi connectivity index (χ0) is 12.7. The number of aliphatic imine (C=N–C) groups is 1. The summed E-state index contributed by atoms with van der Waals surface area (Å²) in [6, 6.07) is 6.78. The predicted octanol–water partition coefficient (Wildman–Crippen LogP) is 0.0542. The largest absolute Gasteiger partial charge is 0.481 e. The fourth-order valence-electron chi connectivity index (χ4n) is 1.09. The van der Waals surface area contributed by atoms with Gasteiger partial charge in [-0.25, -0.2) is 4.79 Å². The molecule has 1 aromatic rings. The Morgan fingerprint density at radius 1 is 1.41 bits per heavy atom. The van der Waals surface area contributed by atoms with E-state index in [4.69, 9.17) is 15.6 Å². The molecule has 0 saturated carbocycles. The molecule has 0 unspecified atom stereocenters. The molecule has 1 amide bonds. The van der Waals surface area contributed by atoms with Crippen molar-refractivity contribution in [2.24, 2.45) is 10.7 Å². The van der Waals surface area contributed by atoms with Crippen LogP contribution in [0, 0.1) is 0 Å². The van der Waals surface area contributed by atoms with Gasteiger partial charge in [-0.2, -0.15) is 0 Å². The molecule has 0 bridgehead atoms. The highest BCUT2D eigenvalue weighted by atomic mass is 16.5. The van der Waals surface area contributed by atoms with Crippen LogP contribution in [0.1, 0.15) is 5.56 Å². The van der Waals surface area contributed by atoms with Crippen molar-refractivity contribution in [1.82, 2.24) is 0 Å². The van der Waals surface area contributed by atoms with Crippen LogP contribution in [0.2, 0.25) is 0 Å². The number of nitrogens with zero attached hydrogens (tertiary/aromatic N) is 1. The molecule has 3 N–H and O–H groups in total. The van der Waals surface area contributed by atoms with E-state index in [-0.39, 0.29) is 6.54 Å². The molecule has 17 heavy (non-hydrogen) atoms. The van der Waals surface area contributed by atoms with Gasteiger partial charge in [0.05, 0.1) is 0 Å². The lowest BCUT2D eigenvalue weighted by molar-refractivity contribution is -0.139. The van der Waals surface area contributed by atoms with Crippen LogP contribution in [0.4, 0.5) is 0 Å². The van der Waals surface area contributed by atoms with Crippen LogP contribution in [0.5, 0.6) is 5.75 Å². The number of ether oxygens (including phenoxy) is 1. The van der Waals surface area contributed by atoms with Crippen LogP contribution >= 0.6 is 0 Å². The Kier molecular flexibility index (Phi) is 4.68. The number of hydrogen-bond acceptors (Lipinski definition) is 4. The third kappa shape index (κ3) is 4.78. The maximum Gasteiger partial charge on any atom is 0.341 e. The molecule has 0 aliphatic rings. The van der Waals surface area contributed by atoms with Crippen LogP contribution < -0.4 is 10.5 Å². The van der Waals surface area contributed by atoms with Gasteiger partial charge < -0.3 is 15.6 Å². The zero-order valence-corrected chi connectivity index (χ0v) is 9.00. The molecule has 0 radical (unpaired) electrons. The average molecular weight is 236 g/mol. The Balaban J connectivity index is 2.73. The highest BCUT2D eigenvalue weighted by molar-refractivity contribution is 5.86. The molecule has 6 heteroatoms. The summed E-state index contributed by atoms with van der Waals surface area (Å²) in [5.74, 6) is -1.21. The summed E-state index contributed by atoms with van der Waals surface area (Å²) in [5, 5.41) is 8.49. The van der Waals surface area contributed by atoms with Gasteiger partial charge in [-0.15, -0.1) is 0 Å². The van der Waals surface area contributed by atoms with E-state index in [1.54, 1.807) is 24.3 Å². The minimum atomic E-state index is -1.06. The van der Waals surface area contributed by atoms with E-state index < -0.39 is 18.5 Å². The Bertz CT molecular complexity index is 443. The van der Waals surface area contributed by atoms with Crippen LogP contribution in [0.25, 0.3) is 0 Å². The first-order valence-electron chi connectivity index (χ1n) is 4.81. The number of carbonyl (C=O) groups is 2. The lowest BCUT2D eigenvalue weighted by Crippen LogP contribution is -2.14. The lowest BCUT2D eigenvalue weighted by Gasteiger charge is -2.05. The second-order valence-corrected chi connectivity index (χ2v) is 3.16. The Labute approximate surface area is 97.7 Å². The molecule has 0 aliphatic carbocycles. The normalized spacial score (nSPS) is 10.4. The quantitative estimate of drug-likeness (QED) is 0.681. The van der Waals surface area contributed by atoms with Gasteiger partial charge in [-0.05, 0) is 12.1 Å². The Hall–Kier alpha value is -2.37. The van der Waals surface area contributed by atoms with Gasteiger partial charge in [0.1, 0.15) is 12.3 Å². The molecule has 0 saturated heterocycles. The minimum absolute atomic E-state index is 0.118. The number of benzene rings is 1. The molecule has 0 spiro atoms. The molecular formula is C11H12N2O4. The van der Waals surface area contributed by atoms with Crippen LogP contribution in [-0.2, 0) is 9.59 Å². The molecule has 0 fully saturated rings. The van der Waals surface area contributed by atoms with Gasteiger partial charge in [0.25, 0.3) is 0 Å². The van der Waals surface area contributed by atoms with E-state index in [1.165, 1.54) is 6.21 Å². The van der Waals surface area contributed by atoms with Crippen LogP contribution in [-0.4, -0.2) is 36.3 Å². The van der Waals surface area contributed by atoms with Crippen molar-refractivity contribution in [2.75, 3.05) is 13.2 Å². The van der Waals surface area contributed by atoms with Crippen molar-refractivity contribution in [3.8, 4) is 5.75 Å². The van der Waals surface area contributed by atoms with Crippen LogP contribution in [0.15, 0.2) is 29.3 Å². The van der Waals surface area contributed by atoms with Gasteiger partial charge in [0.15, 0.2) is 6.61 Å². The maximum atomic E-state index is 10.5. The second-order valence-electron chi connectivity index (χ2n) is 3.16. The number of aliphatic carboxylic acids is 1. The SMILES string of the molecule is NC(=O)CN=Cc1ccccc1OCC(=O)O. The smallest absolute Gasteiger partial charge is 0.341 e. The zero-order valence-electron chi connectivity index (χ0n) is 9.00. The van der Waals surface area contributed by atoms with E-state index in [0.717, 1.165) is 0 Å². The Morgan fingerprint density at radius 2 is 2.12 bits per heavy atom. The number of hydrogen-bond donors (Lipinski definition) is 2. The van der Waals surface area contributed by atoms with Gasteiger partial charge in [-0.1, -0.05) is 12.1 Å². The van der Waals surface area contributed by atoms with Crippen molar-refractivity contribution >= 4 is 18.1 Å². The molecule has 0 aliphatic heterocycles. The Morgan fingerprint density at radius 3 is 2.76 bits per heavy atom. The fourth-order valence-corrected chi connectivity index (χ4v) is 1.09. The molecule has 1 rings (SSSR count). The molecular weight excluding hydrogens is 224 g/mol. The monoisotopic (exact) mass is 236 g/mol. The summed E-state index contributed by atoms with van der Waals surface area (Å²) >= 11 is 0. The number of carboxylic acid groups (broad SMARTS) is 1. The molecule has 6 nitrogen and oxygen atoms in total. The first-order valence-corrected chi connectivity index (χ1v) is 4.81. The second kappa shape index (κ2) is 6.26. The minimum Gasteiger partial charge on any atom is -0.481 e. The number of para-hydroxylation sites is 1. The van der Waals surface area contributed by atoms with E-state index >= 15 is 0 Å². The summed E-state index contributed by atoms with van der Waals surface area (Å²) in [5.41, 5.74) is 5.52. The number of carboxylic acids is 1. The predicted molar refractivity (Wildman–Crippen MR) is 61.2 cm³/mol. The van der Waals surface area contributed by atoms with Crippen molar-refractivity contribution in [3.05, 3.63) is 29.8 Å². The summed E-state index contributed by atoms with van der Waals surface area (Å²) in [4.78, 5) is 24.7. The van der Waals surface area contributed by atoms with E-state index in [9.17, 15) is 9.59 Å². The number of primary amides is 1. The molecule has 0 heterocycles. The fraction of sp³-hybridized carbons (Fsp3) is 0.182. The lowest BCUT2D eigenvalue weighted by atomic mass is 10.2. The third-order valence-corrected chi connectivity index (χ3v) is 1.75. The number of amides is 1. The summed E-state index contributed by atoms with van der Waals surface area (Å²) in [7, 11) is 0. The highest BCUT2D eigenvalue weighted by Gasteiger charge is 2.03. The van der Waals surface area contributed by atoms with Crippen LogP contribution in [0.3, 0.4) is 0 Å². The summed E-state index contributed by atoms with van der Waals surface area (Å²) in [6.07, 6.45) is 1.42. The van der Waals surface area contributed by atoms with Gasteiger partial charge in [0, 0.05) is 11.8 Å². The van der Waals surface area contributed by atoms with Crippen molar-refractivity contribution < 1.29 is 19.4 Å². The van der Waals surface area contributed by atoms with E-state index in [2.05, 4.69) is 4.99 Å². The van der Waals surface area contributed by atoms with Crippen molar-refractivity contribution in [2.45, 2.75) is 0 Å². The number of carbonyl (C=O) groups excluding carboxylic acids is 1. The highest BCUT2D eigenvalue weighted by Crippen LogP contribution is 2.15. The first-order chi connectivity index (χ1) is 8.09. The average Bonchev–Trinajstić information content (AvgIpc) is 2.27. The van der Waals surface area contributed by atoms with Crippen molar-refractivity contribution in [3.63, 3.8) is 0 Å². The first kappa shape index (κ1) is 12.7. The van der Waals surface area contributed by atoms with Gasteiger partial charge in [-0.3, -0.25) is 9.79 Å². The number of rotatable bonds is 6. The summed E-state index contributed by atoms with van der Waals surface area (Å²) < 4.78 is 5.05. The molecule has 0 atom stereocenters.